The van der Waals surface area contributed by atoms with Gasteiger partial charge in [0.2, 0.25) is 0 Å². The Bertz CT molecular complexity index is 895. The van der Waals surface area contributed by atoms with Gasteiger partial charge < -0.3 is 14.0 Å². The summed E-state index contributed by atoms with van der Waals surface area (Å²) in [5, 5.41) is 0. The molecule has 0 unspecified atom stereocenters. The molecule has 2 aromatic carbocycles. The van der Waals surface area contributed by atoms with Crippen LogP contribution in [-0.4, -0.2) is 24.4 Å². The van der Waals surface area contributed by atoms with E-state index in [9.17, 15) is 8.78 Å². The van der Waals surface area contributed by atoms with Crippen LogP contribution >= 0.6 is 0 Å². The summed E-state index contributed by atoms with van der Waals surface area (Å²) < 4.78 is 47.5. The van der Waals surface area contributed by atoms with Crippen molar-refractivity contribution in [1.82, 2.24) is 0 Å². The summed E-state index contributed by atoms with van der Waals surface area (Å²) in [5.74, 6) is -0.820. The molecule has 0 radical (unpaired) electrons. The monoisotopic (exact) mass is 400 g/mol. The molecule has 0 N–H and O–H groups in total. The molecule has 0 spiro atoms. The zero-order valence-corrected chi connectivity index (χ0v) is 17.6. The van der Waals surface area contributed by atoms with Crippen LogP contribution in [0.25, 0.3) is 11.1 Å². The Balaban J connectivity index is 2.03. The number of halogens is 2. The van der Waals surface area contributed by atoms with Crippen LogP contribution in [0, 0.1) is 11.6 Å². The number of hydrogen-bond donors (Lipinski definition) is 0. The highest BCUT2D eigenvalue weighted by molar-refractivity contribution is 6.62. The average Bonchev–Trinajstić information content (AvgIpc) is 2.84. The third-order valence-electron chi connectivity index (χ3n) is 5.59. The van der Waals surface area contributed by atoms with E-state index in [4.69, 9.17) is 14.0 Å². The van der Waals surface area contributed by atoms with Crippen LogP contribution in [0.2, 0.25) is 0 Å². The Labute approximate surface area is 171 Å². The second-order valence-corrected chi connectivity index (χ2v) is 8.39. The van der Waals surface area contributed by atoms with Crippen LogP contribution in [0.4, 0.5) is 8.78 Å². The van der Waals surface area contributed by atoms with Gasteiger partial charge >= 0.3 is 7.12 Å². The van der Waals surface area contributed by atoms with Gasteiger partial charge in [-0.05, 0) is 58.3 Å². The van der Waals surface area contributed by atoms with Gasteiger partial charge in [-0.3, -0.25) is 0 Å². The summed E-state index contributed by atoms with van der Waals surface area (Å²) in [7, 11) is -0.671. The lowest BCUT2D eigenvalue weighted by Crippen LogP contribution is -2.41. The molecule has 29 heavy (non-hydrogen) atoms. The molecule has 1 atom stereocenters. The Kier molecular flexibility index (Phi) is 5.88. The minimum Gasteiger partial charge on any atom is -0.490 e. The predicted octanol–water partition coefficient (Wildman–Crippen LogP) is 5.27. The van der Waals surface area contributed by atoms with Crippen LogP contribution in [-0.2, 0) is 9.31 Å². The Hall–Kier alpha value is -2.18. The number of ether oxygens (including phenoxy) is 1. The van der Waals surface area contributed by atoms with Crippen molar-refractivity contribution in [1.29, 1.82) is 0 Å². The zero-order chi connectivity index (χ0) is 21.4. The zero-order valence-electron chi connectivity index (χ0n) is 17.6. The smallest absolute Gasteiger partial charge is 0.490 e. The van der Waals surface area contributed by atoms with Crippen molar-refractivity contribution >= 4 is 12.6 Å². The highest BCUT2D eigenvalue weighted by atomic mass is 19.1. The SMILES string of the molecule is C=CC[C@H](C)Oc1cccc(F)c1-c1cc(B2OC(C)(C)C(C)(C)O2)ccc1F. The summed E-state index contributed by atoms with van der Waals surface area (Å²) in [6.45, 7) is 13.3. The molecule has 1 aliphatic rings. The largest absolute Gasteiger partial charge is 0.494 e. The van der Waals surface area contributed by atoms with Crippen molar-refractivity contribution in [3.05, 3.63) is 60.7 Å². The third kappa shape index (κ3) is 4.24. The predicted molar refractivity (Wildman–Crippen MR) is 112 cm³/mol. The minimum absolute atomic E-state index is 0.0827. The highest BCUT2D eigenvalue weighted by Gasteiger charge is 2.51. The molecular formula is C23H27BF2O3. The van der Waals surface area contributed by atoms with E-state index in [1.807, 2.05) is 34.6 Å². The Morgan fingerprint density at radius 1 is 1.07 bits per heavy atom. The lowest BCUT2D eigenvalue weighted by atomic mass is 9.77. The normalized spacial score (nSPS) is 18.5. The molecule has 1 aliphatic heterocycles. The average molecular weight is 400 g/mol. The van der Waals surface area contributed by atoms with Crippen LogP contribution < -0.4 is 10.2 Å². The summed E-state index contributed by atoms with van der Waals surface area (Å²) in [5.41, 5.74) is -0.249. The molecule has 0 aromatic heterocycles. The first-order chi connectivity index (χ1) is 13.6. The molecule has 6 heteroatoms. The molecule has 3 nitrogen and oxygen atoms in total. The van der Waals surface area contributed by atoms with Gasteiger partial charge in [-0.25, -0.2) is 8.78 Å². The van der Waals surface area contributed by atoms with Crippen molar-refractivity contribution in [3.63, 3.8) is 0 Å². The maximum atomic E-state index is 14.8. The molecule has 3 rings (SSSR count). The van der Waals surface area contributed by atoms with Gasteiger partial charge in [0.05, 0.1) is 22.9 Å². The molecule has 1 fully saturated rings. The van der Waals surface area contributed by atoms with Gasteiger partial charge in [0.15, 0.2) is 0 Å². The molecule has 2 aromatic rings. The summed E-state index contributed by atoms with van der Waals surface area (Å²) in [6, 6.07) is 8.95. The summed E-state index contributed by atoms with van der Waals surface area (Å²) in [6.07, 6.45) is 2.09. The first kappa shape index (κ1) is 21.5. The van der Waals surface area contributed by atoms with Crippen molar-refractivity contribution in [2.75, 3.05) is 0 Å². The lowest BCUT2D eigenvalue weighted by molar-refractivity contribution is 0.00578. The van der Waals surface area contributed by atoms with Gasteiger partial charge in [-0.2, -0.15) is 0 Å². The fraction of sp³-hybridized carbons (Fsp3) is 0.391. The molecular weight excluding hydrogens is 373 g/mol. The van der Waals surface area contributed by atoms with Crippen LogP contribution in [0.3, 0.4) is 0 Å². The van der Waals surface area contributed by atoms with Crippen molar-refractivity contribution in [2.24, 2.45) is 0 Å². The summed E-state index contributed by atoms with van der Waals surface area (Å²) >= 11 is 0. The van der Waals surface area contributed by atoms with E-state index in [2.05, 4.69) is 6.58 Å². The molecule has 1 heterocycles. The van der Waals surface area contributed by atoms with Crippen LogP contribution in [0.15, 0.2) is 49.1 Å². The standard InChI is InChI=1S/C23H27BF2O3/c1-7-9-15(2)27-20-11-8-10-19(26)21(20)17-14-16(12-13-18(17)25)24-28-22(3,4)23(5,6)29-24/h7-8,10-15H,1,9H2,2-6H3/t15-/m0/s1. The fourth-order valence-corrected chi connectivity index (χ4v) is 3.22. The van der Waals surface area contributed by atoms with Gasteiger partial charge in [-0.15, -0.1) is 6.58 Å². The first-order valence-corrected chi connectivity index (χ1v) is 9.77. The topological polar surface area (TPSA) is 27.7 Å². The molecule has 0 aliphatic carbocycles. The van der Waals surface area contributed by atoms with E-state index >= 15 is 0 Å². The molecule has 154 valence electrons. The van der Waals surface area contributed by atoms with E-state index in [-0.39, 0.29) is 23.0 Å². The number of benzene rings is 2. The van der Waals surface area contributed by atoms with Gasteiger partial charge in [0.1, 0.15) is 17.4 Å². The third-order valence-corrected chi connectivity index (χ3v) is 5.59. The van der Waals surface area contributed by atoms with Gasteiger partial charge in [0.25, 0.3) is 0 Å². The first-order valence-electron chi connectivity index (χ1n) is 9.77. The van der Waals surface area contributed by atoms with E-state index in [0.29, 0.717) is 11.9 Å². The number of rotatable bonds is 6. The maximum Gasteiger partial charge on any atom is 0.494 e. The highest BCUT2D eigenvalue weighted by Crippen LogP contribution is 2.38. The Morgan fingerprint density at radius 3 is 2.34 bits per heavy atom. The second-order valence-electron chi connectivity index (χ2n) is 8.39. The Morgan fingerprint density at radius 2 is 1.72 bits per heavy atom. The quantitative estimate of drug-likeness (QED) is 0.488. The minimum atomic E-state index is -0.671. The van der Waals surface area contributed by atoms with Crippen molar-refractivity contribution in [2.45, 2.75) is 58.3 Å². The lowest BCUT2D eigenvalue weighted by Gasteiger charge is -2.32. The van der Waals surface area contributed by atoms with Crippen LogP contribution in [0.5, 0.6) is 5.75 Å². The van der Waals surface area contributed by atoms with E-state index in [1.165, 1.54) is 12.1 Å². The summed E-state index contributed by atoms with van der Waals surface area (Å²) in [4.78, 5) is 0. The molecule has 0 saturated carbocycles. The maximum absolute atomic E-state index is 14.8. The second kappa shape index (κ2) is 7.92. The fourth-order valence-electron chi connectivity index (χ4n) is 3.22. The van der Waals surface area contributed by atoms with Crippen LogP contribution in [0.1, 0.15) is 41.0 Å². The number of hydrogen-bond acceptors (Lipinski definition) is 3. The molecule has 1 saturated heterocycles. The van der Waals surface area contributed by atoms with Gasteiger partial charge in [0, 0.05) is 12.0 Å². The molecule has 0 bridgehead atoms. The molecule has 0 amide bonds. The van der Waals surface area contributed by atoms with E-state index in [0.717, 1.165) is 0 Å². The van der Waals surface area contributed by atoms with Gasteiger partial charge in [-0.1, -0.05) is 24.3 Å². The van der Waals surface area contributed by atoms with E-state index < -0.39 is 30.0 Å². The van der Waals surface area contributed by atoms with Crippen molar-refractivity contribution < 1.29 is 22.8 Å². The van der Waals surface area contributed by atoms with E-state index in [1.54, 1.807) is 30.3 Å². The van der Waals surface area contributed by atoms with Crippen molar-refractivity contribution in [3.8, 4) is 16.9 Å².